The summed E-state index contributed by atoms with van der Waals surface area (Å²) >= 11 is 0. The second-order valence-electron chi connectivity index (χ2n) is 4.25. The van der Waals surface area contributed by atoms with Crippen LogP contribution in [0.2, 0.25) is 0 Å². The van der Waals surface area contributed by atoms with E-state index in [1.54, 1.807) is 0 Å². The first-order valence-electron chi connectivity index (χ1n) is 6.52. The Morgan fingerprint density at radius 1 is 1.29 bits per heavy atom. The third-order valence-electron chi connectivity index (χ3n) is 2.91. The van der Waals surface area contributed by atoms with Crippen molar-refractivity contribution in [1.82, 2.24) is 15.1 Å². The van der Waals surface area contributed by atoms with Crippen molar-refractivity contribution in [3.05, 3.63) is 17.0 Å². The number of nitrogens with one attached hydrogen (secondary N) is 1. The highest BCUT2D eigenvalue weighted by Gasteiger charge is 2.10. The van der Waals surface area contributed by atoms with Crippen molar-refractivity contribution < 1.29 is 4.74 Å². The van der Waals surface area contributed by atoms with Crippen LogP contribution in [0.4, 0.5) is 0 Å². The maximum absolute atomic E-state index is 5.36. The van der Waals surface area contributed by atoms with Gasteiger partial charge in [-0.15, -0.1) is 0 Å². The molecule has 0 amide bonds. The molecule has 0 saturated heterocycles. The lowest BCUT2D eigenvalue weighted by Crippen LogP contribution is -2.15. The van der Waals surface area contributed by atoms with Crippen LogP contribution in [0.1, 0.15) is 37.2 Å². The smallest absolute Gasteiger partial charge is 0.0662 e. The summed E-state index contributed by atoms with van der Waals surface area (Å²) in [6.45, 7) is 12.7. The van der Waals surface area contributed by atoms with Gasteiger partial charge in [0.15, 0.2) is 0 Å². The molecule has 0 aliphatic carbocycles. The standard InChI is InChI=1S/C13H25N3O/c1-5-7-14-10-13-11(3)15-16(12(13)4)8-9-17-6-2/h14H,5-10H2,1-4H3. The molecular weight excluding hydrogens is 214 g/mol. The summed E-state index contributed by atoms with van der Waals surface area (Å²) in [4.78, 5) is 0. The van der Waals surface area contributed by atoms with Crippen LogP contribution < -0.4 is 5.32 Å². The van der Waals surface area contributed by atoms with E-state index in [2.05, 4.69) is 31.2 Å². The molecule has 1 rings (SSSR count). The molecule has 0 atom stereocenters. The maximum atomic E-state index is 5.36. The quantitative estimate of drug-likeness (QED) is 0.706. The van der Waals surface area contributed by atoms with Crippen molar-refractivity contribution in [3.8, 4) is 0 Å². The van der Waals surface area contributed by atoms with Crippen LogP contribution in [0.15, 0.2) is 0 Å². The first kappa shape index (κ1) is 14.2. The molecule has 0 radical (unpaired) electrons. The van der Waals surface area contributed by atoms with Gasteiger partial charge < -0.3 is 10.1 Å². The minimum Gasteiger partial charge on any atom is -0.380 e. The van der Waals surface area contributed by atoms with Gasteiger partial charge in [0.1, 0.15) is 0 Å². The lowest BCUT2D eigenvalue weighted by molar-refractivity contribution is 0.135. The van der Waals surface area contributed by atoms with Gasteiger partial charge in [0, 0.05) is 24.4 Å². The summed E-state index contributed by atoms with van der Waals surface area (Å²) in [7, 11) is 0. The molecular formula is C13H25N3O. The van der Waals surface area contributed by atoms with Crippen molar-refractivity contribution in [3.63, 3.8) is 0 Å². The zero-order chi connectivity index (χ0) is 12.7. The largest absolute Gasteiger partial charge is 0.380 e. The Kier molecular flexibility index (Phi) is 6.22. The van der Waals surface area contributed by atoms with Crippen LogP contribution in [-0.4, -0.2) is 29.5 Å². The van der Waals surface area contributed by atoms with Gasteiger partial charge in [0.05, 0.1) is 18.8 Å². The molecule has 1 aromatic heterocycles. The fraction of sp³-hybridized carbons (Fsp3) is 0.769. The summed E-state index contributed by atoms with van der Waals surface area (Å²) in [6, 6.07) is 0. The second kappa shape index (κ2) is 7.45. The number of aryl methyl sites for hydroxylation is 1. The van der Waals surface area contributed by atoms with E-state index in [1.807, 2.05) is 11.6 Å². The van der Waals surface area contributed by atoms with Crippen molar-refractivity contribution in [2.75, 3.05) is 19.8 Å². The van der Waals surface area contributed by atoms with Crippen LogP contribution in [0.3, 0.4) is 0 Å². The van der Waals surface area contributed by atoms with Gasteiger partial charge in [-0.05, 0) is 33.7 Å². The molecule has 1 aromatic rings. The molecule has 0 bridgehead atoms. The molecule has 1 N–H and O–H groups in total. The Labute approximate surface area is 104 Å². The van der Waals surface area contributed by atoms with E-state index in [-0.39, 0.29) is 0 Å². The topological polar surface area (TPSA) is 39.1 Å². The van der Waals surface area contributed by atoms with Crippen molar-refractivity contribution in [1.29, 1.82) is 0 Å². The third-order valence-corrected chi connectivity index (χ3v) is 2.91. The number of rotatable bonds is 8. The number of ether oxygens (including phenoxy) is 1. The molecule has 0 saturated carbocycles. The number of hydrogen-bond donors (Lipinski definition) is 1. The number of nitrogens with zero attached hydrogens (tertiary/aromatic N) is 2. The van der Waals surface area contributed by atoms with E-state index in [1.165, 1.54) is 11.3 Å². The fourth-order valence-electron chi connectivity index (χ4n) is 1.89. The summed E-state index contributed by atoms with van der Waals surface area (Å²) in [5.74, 6) is 0. The van der Waals surface area contributed by atoms with E-state index < -0.39 is 0 Å². The molecule has 0 aliphatic rings. The zero-order valence-corrected chi connectivity index (χ0v) is 11.5. The van der Waals surface area contributed by atoms with Gasteiger partial charge in [0.2, 0.25) is 0 Å². The predicted octanol–water partition coefficient (Wildman–Crippen LogP) is 2.04. The van der Waals surface area contributed by atoms with Crippen LogP contribution in [-0.2, 0) is 17.8 Å². The minimum absolute atomic E-state index is 0.736. The van der Waals surface area contributed by atoms with Crippen molar-refractivity contribution in [2.45, 2.75) is 47.2 Å². The molecule has 0 aliphatic heterocycles. The highest BCUT2D eigenvalue weighted by Crippen LogP contribution is 2.12. The summed E-state index contributed by atoms with van der Waals surface area (Å²) in [6.07, 6.45) is 1.16. The molecule has 0 spiro atoms. The Morgan fingerprint density at radius 3 is 2.71 bits per heavy atom. The Hall–Kier alpha value is -0.870. The van der Waals surface area contributed by atoms with E-state index in [4.69, 9.17) is 4.74 Å². The molecule has 98 valence electrons. The highest BCUT2D eigenvalue weighted by atomic mass is 16.5. The Morgan fingerprint density at radius 2 is 2.06 bits per heavy atom. The van der Waals surface area contributed by atoms with Gasteiger partial charge in [-0.25, -0.2) is 0 Å². The molecule has 17 heavy (non-hydrogen) atoms. The van der Waals surface area contributed by atoms with Gasteiger partial charge >= 0.3 is 0 Å². The average molecular weight is 239 g/mol. The van der Waals surface area contributed by atoms with E-state index in [0.29, 0.717) is 0 Å². The van der Waals surface area contributed by atoms with E-state index >= 15 is 0 Å². The van der Waals surface area contributed by atoms with Gasteiger partial charge in [-0.1, -0.05) is 6.92 Å². The SMILES string of the molecule is CCCNCc1c(C)nn(CCOCC)c1C. The first-order chi connectivity index (χ1) is 8.20. The minimum atomic E-state index is 0.736. The van der Waals surface area contributed by atoms with Crippen LogP contribution in [0, 0.1) is 13.8 Å². The second-order valence-corrected chi connectivity index (χ2v) is 4.25. The first-order valence-corrected chi connectivity index (χ1v) is 6.52. The summed E-state index contributed by atoms with van der Waals surface area (Å²) < 4.78 is 7.41. The molecule has 0 fully saturated rings. The van der Waals surface area contributed by atoms with E-state index in [0.717, 1.165) is 45.0 Å². The molecule has 4 nitrogen and oxygen atoms in total. The Balaban J connectivity index is 2.58. The summed E-state index contributed by atoms with van der Waals surface area (Å²) in [5, 5.41) is 7.99. The Bertz CT molecular complexity index is 334. The van der Waals surface area contributed by atoms with Crippen LogP contribution >= 0.6 is 0 Å². The normalized spacial score (nSPS) is 11.1. The summed E-state index contributed by atoms with van der Waals surface area (Å²) in [5.41, 5.74) is 3.71. The molecule has 4 heteroatoms. The lowest BCUT2D eigenvalue weighted by atomic mass is 10.2. The number of hydrogen-bond acceptors (Lipinski definition) is 3. The van der Waals surface area contributed by atoms with Gasteiger partial charge in [-0.3, -0.25) is 4.68 Å². The van der Waals surface area contributed by atoms with Crippen LogP contribution in [0.25, 0.3) is 0 Å². The van der Waals surface area contributed by atoms with Gasteiger partial charge in [0.25, 0.3) is 0 Å². The predicted molar refractivity (Wildman–Crippen MR) is 70.2 cm³/mol. The van der Waals surface area contributed by atoms with Crippen molar-refractivity contribution >= 4 is 0 Å². The third kappa shape index (κ3) is 4.13. The van der Waals surface area contributed by atoms with E-state index in [9.17, 15) is 0 Å². The maximum Gasteiger partial charge on any atom is 0.0662 e. The number of aromatic nitrogens is 2. The average Bonchev–Trinajstić information content (AvgIpc) is 2.57. The molecule has 1 heterocycles. The van der Waals surface area contributed by atoms with Crippen LogP contribution in [0.5, 0.6) is 0 Å². The lowest BCUT2D eigenvalue weighted by Gasteiger charge is -2.06. The van der Waals surface area contributed by atoms with Crippen molar-refractivity contribution in [2.24, 2.45) is 0 Å². The molecule has 0 unspecified atom stereocenters. The molecule has 0 aromatic carbocycles. The zero-order valence-electron chi connectivity index (χ0n) is 11.5. The van der Waals surface area contributed by atoms with Gasteiger partial charge in [-0.2, -0.15) is 5.10 Å². The highest BCUT2D eigenvalue weighted by molar-refractivity contribution is 5.24. The monoisotopic (exact) mass is 239 g/mol. The fourth-order valence-corrected chi connectivity index (χ4v) is 1.89.